The van der Waals surface area contributed by atoms with Gasteiger partial charge in [-0.2, -0.15) is 0 Å². The molecule has 0 radical (unpaired) electrons. The SMILES string of the molecule is O=C1NC(=S)N(c2ccccc2)C1c1ccccc1. The molecule has 1 aliphatic heterocycles. The molecule has 1 aliphatic rings. The number of hydrogen-bond acceptors (Lipinski definition) is 2. The van der Waals surface area contributed by atoms with Gasteiger partial charge in [-0.1, -0.05) is 48.5 Å². The molecular weight excluding hydrogens is 256 g/mol. The molecule has 0 aliphatic carbocycles. The minimum absolute atomic E-state index is 0.0833. The Bertz CT molecular complexity index is 557. The molecule has 1 heterocycles. The zero-order valence-electron chi connectivity index (χ0n) is 10.1. The van der Waals surface area contributed by atoms with Crippen molar-refractivity contribution in [1.29, 1.82) is 0 Å². The summed E-state index contributed by atoms with van der Waals surface area (Å²) in [5, 5.41) is 3.18. The number of anilines is 1. The Morgan fingerprint density at radius 1 is 0.947 bits per heavy atom. The Balaban J connectivity index is 2.06. The van der Waals surface area contributed by atoms with Crippen LogP contribution in [0.1, 0.15) is 11.6 Å². The van der Waals surface area contributed by atoms with E-state index in [-0.39, 0.29) is 5.91 Å². The molecule has 2 aromatic rings. The van der Waals surface area contributed by atoms with Crippen LogP contribution >= 0.6 is 12.2 Å². The van der Waals surface area contributed by atoms with Crippen LogP contribution in [0.5, 0.6) is 0 Å². The van der Waals surface area contributed by atoms with E-state index in [1.165, 1.54) is 0 Å². The van der Waals surface area contributed by atoms with E-state index in [0.717, 1.165) is 11.3 Å². The van der Waals surface area contributed by atoms with Gasteiger partial charge in [-0.25, -0.2) is 0 Å². The normalized spacial score (nSPS) is 18.5. The lowest BCUT2D eigenvalue weighted by Crippen LogP contribution is -2.29. The summed E-state index contributed by atoms with van der Waals surface area (Å²) in [5.74, 6) is -0.0833. The lowest BCUT2D eigenvalue weighted by atomic mass is 10.1. The van der Waals surface area contributed by atoms with Gasteiger partial charge in [0.1, 0.15) is 6.04 Å². The highest BCUT2D eigenvalue weighted by atomic mass is 32.1. The summed E-state index contributed by atoms with van der Waals surface area (Å²) in [6, 6.07) is 19.0. The van der Waals surface area contributed by atoms with E-state index in [1.807, 2.05) is 65.6 Å². The third-order valence-corrected chi connectivity index (χ3v) is 3.40. The van der Waals surface area contributed by atoms with Gasteiger partial charge in [-0.15, -0.1) is 0 Å². The van der Waals surface area contributed by atoms with Crippen LogP contribution in [0.3, 0.4) is 0 Å². The Labute approximate surface area is 116 Å². The monoisotopic (exact) mass is 268 g/mol. The predicted octanol–water partition coefficient (Wildman–Crippen LogP) is 2.65. The third-order valence-electron chi connectivity index (χ3n) is 3.11. The molecule has 94 valence electrons. The Hall–Kier alpha value is -2.20. The molecule has 2 aromatic carbocycles. The average molecular weight is 268 g/mol. The maximum Gasteiger partial charge on any atom is 0.253 e. The predicted molar refractivity (Wildman–Crippen MR) is 78.8 cm³/mol. The second-order valence-corrected chi connectivity index (χ2v) is 4.70. The fourth-order valence-corrected chi connectivity index (χ4v) is 2.57. The first-order chi connectivity index (χ1) is 9.27. The fourth-order valence-electron chi connectivity index (χ4n) is 2.26. The largest absolute Gasteiger partial charge is 0.302 e. The van der Waals surface area contributed by atoms with Crippen LogP contribution < -0.4 is 10.2 Å². The van der Waals surface area contributed by atoms with E-state index in [9.17, 15) is 4.79 Å². The molecule has 0 saturated carbocycles. The summed E-state index contributed by atoms with van der Waals surface area (Å²) >= 11 is 5.27. The van der Waals surface area contributed by atoms with Gasteiger partial charge in [-0.3, -0.25) is 4.79 Å². The quantitative estimate of drug-likeness (QED) is 0.850. The smallest absolute Gasteiger partial charge is 0.253 e. The van der Waals surface area contributed by atoms with Crippen molar-refractivity contribution in [3.05, 3.63) is 66.2 Å². The van der Waals surface area contributed by atoms with Crippen molar-refractivity contribution in [1.82, 2.24) is 5.32 Å². The van der Waals surface area contributed by atoms with Crippen LogP contribution in [0.2, 0.25) is 0 Å². The lowest BCUT2D eigenvalue weighted by Gasteiger charge is -2.23. The van der Waals surface area contributed by atoms with Crippen LogP contribution in [-0.4, -0.2) is 11.0 Å². The minimum atomic E-state index is -0.393. The van der Waals surface area contributed by atoms with Crippen molar-refractivity contribution in [2.24, 2.45) is 0 Å². The van der Waals surface area contributed by atoms with Gasteiger partial charge in [0.15, 0.2) is 5.11 Å². The first-order valence-electron chi connectivity index (χ1n) is 6.01. The van der Waals surface area contributed by atoms with Crippen LogP contribution in [-0.2, 0) is 4.79 Å². The van der Waals surface area contributed by atoms with Gasteiger partial charge < -0.3 is 10.2 Å². The minimum Gasteiger partial charge on any atom is -0.302 e. The van der Waals surface area contributed by atoms with E-state index in [4.69, 9.17) is 12.2 Å². The molecule has 1 atom stereocenters. The van der Waals surface area contributed by atoms with Crippen molar-refractivity contribution >= 4 is 28.9 Å². The van der Waals surface area contributed by atoms with Gasteiger partial charge >= 0.3 is 0 Å². The summed E-state index contributed by atoms with van der Waals surface area (Å²) in [7, 11) is 0. The van der Waals surface area contributed by atoms with Crippen molar-refractivity contribution in [3.8, 4) is 0 Å². The third kappa shape index (κ3) is 2.11. The summed E-state index contributed by atoms with van der Waals surface area (Å²) < 4.78 is 0. The van der Waals surface area contributed by atoms with Gasteiger partial charge in [0.25, 0.3) is 5.91 Å². The maximum absolute atomic E-state index is 12.1. The topological polar surface area (TPSA) is 32.3 Å². The van der Waals surface area contributed by atoms with Gasteiger partial charge in [0, 0.05) is 5.69 Å². The van der Waals surface area contributed by atoms with E-state index >= 15 is 0 Å². The van der Waals surface area contributed by atoms with Crippen LogP contribution in [0.4, 0.5) is 5.69 Å². The van der Waals surface area contributed by atoms with E-state index in [1.54, 1.807) is 0 Å². The first kappa shape index (κ1) is 11.9. The Kier molecular flexibility index (Phi) is 3.01. The second-order valence-electron chi connectivity index (χ2n) is 4.31. The van der Waals surface area contributed by atoms with Crippen LogP contribution in [0, 0.1) is 0 Å². The number of para-hydroxylation sites is 1. The highest BCUT2D eigenvalue weighted by Gasteiger charge is 2.37. The van der Waals surface area contributed by atoms with Crippen molar-refractivity contribution in [3.63, 3.8) is 0 Å². The Morgan fingerprint density at radius 2 is 1.53 bits per heavy atom. The van der Waals surface area contributed by atoms with Crippen molar-refractivity contribution < 1.29 is 4.79 Å². The number of nitrogens with one attached hydrogen (secondary N) is 1. The standard InChI is InChI=1S/C15H12N2OS/c18-14-13(11-7-3-1-4-8-11)17(15(19)16-14)12-9-5-2-6-10-12/h1-10,13H,(H,16,18,19). The molecule has 1 amide bonds. The Morgan fingerprint density at radius 3 is 2.16 bits per heavy atom. The first-order valence-corrected chi connectivity index (χ1v) is 6.42. The average Bonchev–Trinajstić information content (AvgIpc) is 2.75. The maximum atomic E-state index is 12.1. The number of rotatable bonds is 2. The number of carbonyl (C=O) groups is 1. The number of benzene rings is 2. The van der Waals surface area contributed by atoms with Crippen LogP contribution in [0.15, 0.2) is 60.7 Å². The van der Waals surface area contributed by atoms with Crippen molar-refractivity contribution in [2.75, 3.05) is 4.90 Å². The van der Waals surface area contributed by atoms with Gasteiger partial charge in [0.2, 0.25) is 0 Å². The molecule has 3 rings (SSSR count). The van der Waals surface area contributed by atoms with Gasteiger partial charge in [-0.05, 0) is 29.9 Å². The molecular formula is C15H12N2OS. The number of nitrogens with zero attached hydrogens (tertiary/aromatic N) is 1. The van der Waals surface area contributed by atoms with Crippen LogP contribution in [0.25, 0.3) is 0 Å². The molecule has 0 spiro atoms. The molecule has 1 unspecified atom stereocenters. The number of amides is 1. The molecule has 1 N–H and O–H groups in total. The molecule has 4 heteroatoms. The second kappa shape index (κ2) is 4.82. The molecule has 0 aromatic heterocycles. The van der Waals surface area contributed by atoms with E-state index in [2.05, 4.69) is 5.32 Å². The summed E-state index contributed by atoms with van der Waals surface area (Å²) in [5.41, 5.74) is 1.85. The van der Waals surface area contributed by atoms with E-state index in [0.29, 0.717) is 5.11 Å². The van der Waals surface area contributed by atoms with Crippen molar-refractivity contribution in [2.45, 2.75) is 6.04 Å². The highest BCUT2D eigenvalue weighted by Crippen LogP contribution is 2.31. The summed E-state index contributed by atoms with van der Waals surface area (Å²) in [6.07, 6.45) is 0. The number of thiocarbonyl (C=S) groups is 1. The fraction of sp³-hybridized carbons (Fsp3) is 0.0667. The molecule has 3 nitrogen and oxygen atoms in total. The summed E-state index contributed by atoms with van der Waals surface area (Å²) in [6.45, 7) is 0. The summed E-state index contributed by atoms with van der Waals surface area (Å²) in [4.78, 5) is 14.0. The zero-order valence-corrected chi connectivity index (χ0v) is 10.9. The number of hydrogen-bond donors (Lipinski definition) is 1. The molecule has 0 bridgehead atoms. The molecule has 1 saturated heterocycles. The highest BCUT2D eigenvalue weighted by molar-refractivity contribution is 7.80. The number of carbonyl (C=O) groups excluding carboxylic acids is 1. The molecule has 1 fully saturated rings. The zero-order chi connectivity index (χ0) is 13.2. The molecule has 19 heavy (non-hydrogen) atoms. The van der Waals surface area contributed by atoms with E-state index < -0.39 is 6.04 Å². The lowest BCUT2D eigenvalue weighted by molar-refractivity contribution is -0.119. The van der Waals surface area contributed by atoms with Gasteiger partial charge in [0.05, 0.1) is 0 Å².